The summed E-state index contributed by atoms with van der Waals surface area (Å²) in [5.74, 6) is 0.671. The molecule has 2 N–H and O–H groups in total. The maximum absolute atomic E-state index is 15.0. The smallest absolute Gasteiger partial charge is 0.407 e. The fraction of sp³-hybridized carbons (Fsp3) is 0.510. The van der Waals surface area contributed by atoms with E-state index in [2.05, 4.69) is 34.9 Å². The van der Waals surface area contributed by atoms with Crippen molar-refractivity contribution >= 4 is 57.7 Å². The van der Waals surface area contributed by atoms with E-state index in [4.69, 9.17) is 28.9 Å². The second-order valence-corrected chi connectivity index (χ2v) is 18.8. The molecule has 16 heteroatoms. The second kappa shape index (κ2) is 17.7. The standard InChI is InChI=1S/C49H56F2N6O8/c1-24(2)43(54-48(60)62-5)46(58)56-21-31(50)17-38(56)36-13-29(19-52-36)27-10-12-34-40(15-27)64-23-35-33-11-9-28(16-41(33)65-45(42(34)35)26-7-8-26)30-14-37(53-20-30)39-18-32(51)22-57(39)47(59)44(25(3)4)55-49(61)63-6/h9-12,15-16,19-20,24-26,31-32,38-39,43-45H,7-8,13-14,17-18,21-23H2,1-6H3,(H,54,60)(H,55,61)/t31-,32-,38+,39+,43+,44+,45?/m1/s1. The molecule has 3 fully saturated rings. The Hall–Kier alpha value is -6.06. The quantitative estimate of drug-likeness (QED) is 0.240. The average Bonchev–Trinajstić information content (AvgIpc) is 3.62. The first-order valence-electron chi connectivity index (χ1n) is 22.6. The molecule has 2 aromatic rings. The van der Waals surface area contributed by atoms with Crippen LogP contribution < -0.4 is 20.1 Å². The van der Waals surface area contributed by atoms with Gasteiger partial charge in [0, 0.05) is 77.7 Å². The van der Waals surface area contributed by atoms with Gasteiger partial charge in [0.25, 0.3) is 0 Å². The van der Waals surface area contributed by atoms with Crippen LogP contribution in [0.5, 0.6) is 11.5 Å². The Morgan fingerprint density at radius 3 is 1.69 bits per heavy atom. The summed E-state index contributed by atoms with van der Waals surface area (Å²) in [6, 6.07) is 9.53. The maximum Gasteiger partial charge on any atom is 0.407 e. The number of carbonyl (C=O) groups excluding carboxylic acids is 4. The van der Waals surface area contributed by atoms with E-state index in [9.17, 15) is 23.6 Å². The number of rotatable bonds is 11. The van der Waals surface area contributed by atoms with Crippen molar-refractivity contribution < 1.29 is 46.9 Å². The van der Waals surface area contributed by atoms with Crippen LogP contribution in [0.3, 0.4) is 0 Å². The number of aliphatic imine (C=N–C) groups is 2. The van der Waals surface area contributed by atoms with Crippen molar-refractivity contribution in [3.05, 3.63) is 71.1 Å². The normalized spacial score (nSPS) is 25.4. The van der Waals surface area contributed by atoms with Crippen molar-refractivity contribution in [3.63, 3.8) is 0 Å². The third kappa shape index (κ3) is 8.51. The molecule has 0 spiro atoms. The fourth-order valence-corrected chi connectivity index (χ4v) is 10.1. The summed E-state index contributed by atoms with van der Waals surface area (Å²) >= 11 is 0. The Morgan fingerprint density at radius 1 is 0.723 bits per heavy atom. The van der Waals surface area contributed by atoms with Gasteiger partial charge in [-0.25, -0.2) is 18.4 Å². The van der Waals surface area contributed by atoms with Crippen molar-refractivity contribution in [2.45, 2.75) is 109 Å². The molecule has 0 bridgehead atoms. The molecule has 7 atom stereocenters. The highest BCUT2D eigenvalue weighted by molar-refractivity contribution is 6.06. The fourth-order valence-electron chi connectivity index (χ4n) is 10.1. The Kier molecular flexibility index (Phi) is 12.0. The Labute approximate surface area is 377 Å². The van der Waals surface area contributed by atoms with E-state index in [1.807, 2.05) is 39.8 Å². The van der Waals surface area contributed by atoms with E-state index in [1.165, 1.54) is 24.0 Å². The minimum atomic E-state index is -1.21. The number of halogens is 2. The number of hydrogen-bond acceptors (Lipinski definition) is 10. The first-order valence-corrected chi connectivity index (χ1v) is 22.6. The third-order valence-corrected chi connectivity index (χ3v) is 13.7. The lowest BCUT2D eigenvalue weighted by Crippen LogP contribution is -2.53. The van der Waals surface area contributed by atoms with Crippen LogP contribution in [0.1, 0.15) is 88.5 Å². The molecule has 344 valence electrons. The van der Waals surface area contributed by atoms with E-state index in [-0.39, 0.29) is 55.7 Å². The zero-order valence-electron chi connectivity index (χ0n) is 37.6. The Balaban J connectivity index is 0.903. The van der Waals surface area contributed by atoms with Crippen LogP contribution >= 0.6 is 0 Å². The van der Waals surface area contributed by atoms with Crippen LogP contribution in [0, 0.1) is 17.8 Å². The van der Waals surface area contributed by atoms with Gasteiger partial charge in [0.2, 0.25) is 11.8 Å². The molecule has 14 nitrogen and oxygen atoms in total. The minimum Gasteiger partial charge on any atom is -0.488 e. The molecular weight excluding hydrogens is 839 g/mol. The van der Waals surface area contributed by atoms with Crippen LogP contribution in [0.15, 0.2) is 58.8 Å². The first-order chi connectivity index (χ1) is 31.2. The molecule has 2 saturated heterocycles. The van der Waals surface area contributed by atoms with E-state index in [0.717, 1.165) is 68.9 Å². The van der Waals surface area contributed by atoms with Crippen LogP contribution in [-0.4, -0.2) is 122 Å². The summed E-state index contributed by atoms with van der Waals surface area (Å²) in [7, 11) is 2.48. The molecule has 0 aromatic heterocycles. The average molecular weight is 895 g/mol. The number of amides is 4. The molecule has 0 radical (unpaired) electrons. The summed E-state index contributed by atoms with van der Waals surface area (Å²) in [5.41, 5.74) is 9.29. The SMILES string of the molecule is COC(=O)N[C@H](C(=O)N1C[C@H](F)C[C@H]1C1=NC=C(c2ccc3c(c2)OC(C2CC2)C2=C3COc3cc(C4=CN=C([C@@H]5C[C@@H](F)CN5C(=O)[C@@H](NC(=O)OC)C(C)C)C4)ccc32)C1)C(C)C. The zero-order chi connectivity index (χ0) is 45.8. The number of carbonyl (C=O) groups is 4. The monoisotopic (exact) mass is 894 g/mol. The number of nitrogens with one attached hydrogen (secondary N) is 2. The van der Waals surface area contributed by atoms with Gasteiger partial charge in [-0.05, 0) is 59.1 Å². The predicted molar refractivity (Wildman–Crippen MR) is 241 cm³/mol. The number of benzene rings is 2. The number of ether oxygens (including phenoxy) is 4. The third-order valence-electron chi connectivity index (χ3n) is 13.7. The number of alkyl halides is 2. The van der Waals surface area contributed by atoms with E-state index in [1.54, 1.807) is 12.4 Å². The van der Waals surface area contributed by atoms with Crippen molar-refractivity contribution in [2.75, 3.05) is 33.9 Å². The summed E-state index contributed by atoms with van der Waals surface area (Å²) in [5, 5.41) is 5.24. The van der Waals surface area contributed by atoms with Gasteiger partial charge in [0.05, 0.1) is 39.4 Å². The summed E-state index contributed by atoms with van der Waals surface area (Å²) in [6.07, 6.45) is 2.83. The molecule has 1 aliphatic carbocycles. The van der Waals surface area contributed by atoms with E-state index in [0.29, 0.717) is 36.8 Å². The van der Waals surface area contributed by atoms with Gasteiger partial charge in [0.15, 0.2) is 0 Å². The van der Waals surface area contributed by atoms with Crippen molar-refractivity contribution in [2.24, 2.45) is 27.7 Å². The number of hydrogen-bond donors (Lipinski definition) is 2. The molecule has 2 aromatic carbocycles. The lowest BCUT2D eigenvalue weighted by molar-refractivity contribution is -0.135. The van der Waals surface area contributed by atoms with E-state index < -0.39 is 48.7 Å². The largest absolute Gasteiger partial charge is 0.488 e. The van der Waals surface area contributed by atoms with Crippen LogP contribution in [-0.2, 0) is 19.1 Å². The summed E-state index contributed by atoms with van der Waals surface area (Å²) in [4.78, 5) is 64.0. The van der Waals surface area contributed by atoms with Gasteiger partial charge < -0.3 is 39.4 Å². The molecule has 6 aliphatic heterocycles. The topological polar surface area (TPSA) is 160 Å². The van der Waals surface area contributed by atoms with Crippen molar-refractivity contribution in [3.8, 4) is 11.5 Å². The molecule has 1 saturated carbocycles. The molecule has 9 rings (SSSR count). The molecule has 65 heavy (non-hydrogen) atoms. The Bertz CT molecular complexity index is 2460. The lowest BCUT2D eigenvalue weighted by Gasteiger charge is -2.35. The number of fused-ring (bicyclic) bond motifs is 4. The number of methoxy groups -OCH3 is 2. The Morgan fingerprint density at radius 2 is 1.22 bits per heavy atom. The molecular formula is C49H56F2N6O8. The van der Waals surface area contributed by atoms with Crippen LogP contribution in [0.4, 0.5) is 18.4 Å². The zero-order valence-corrected chi connectivity index (χ0v) is 37.6. The minimum absolute atomic E-state index is 0.0696. The lowest BCUT2D eigenvalue weighted by atomic mass is 9.83. The summed E-state index contributed by atoms with van der Waals surface area (Å²) in [6.45, 7) is 7.51. The van der Waals surface area contributed by atoms with Gasteiger partial charge in [0.1, 0.15) is 48.6 Å². The highest BCUT2D eigenvalue weighted by Crippen LogP contribution is 2.52. The number of likely N-dealkylation sites (tertiary alicyclic amines) is 2. The molecule has 6 heterocycles. The molecule has 1 unspecified atom stereocenters. The molecule has 7 aliphatic rings. The number of allylic oxidation sites excluding steroid dienone is 2. The van der Waals surface area contributed by atoms with Gasteiger partial charge in [-0.15, -0.1) is 0 Å². The van der Waals surface area contributed by atoms with Gasteiger partial charge in [-0.2, -0.15) is 0 Å². The van der Waals surface area contributed by atoms with E-state index >= 15 is 4.39 Å². The highest BCUT2D eigenvalue weighted by Gasteiger charge is 2.46. The van der Waals surface area contributed by atoms with Gasteiger partial charge in [-0.1, -0.05) is 52.0 Å². The maximum atomic E-state index is 15.0. The molecule has 4 amide bonds. The highest BCUT2D eigenvalue weighted by atomic mass is 19.1. The van der Waals surface area contributed by atoms with Gasteiger partial charge >= 0.3 is 12.2 Å². The number of alkyl carbamates (subject to hydrolysis) is 2. The second-order valence-electron chi connectivity index (χ2n) is 18.8. The summed E-state index contributed by atoms with van der Waals surface area (Å²) < 4.78 is 52.9. The van der Waals surface area contributed by atoms with Crippen LogP contribution in [0.25, 0.3) is 22.3 Å². The van der Waals surface area contributed by atoms with Crippen molar-refractivity contribution in [1.82, 2.24) is 20.4 Å². The first kappa shape index (κ1) is 44.2. The van der Waals surface area contributed by atoms with Crippen molar-refractivity contribution in [1.29, 1.82) is 0 Å². The predicted octanol–water partition coefficient (Wildman–Crippen LogP) is 7.17. The number of nitrogens with zero attached hydrogens (tertiary/aromatic N) is 4. The van der Waals surface area contributed by atoms with Gasteiger partial charge in [-0.3, -0.25) is 19.6 Å². The van der Waals surface area contributed by atoms with Crippen LogP contribution in [0.2, 0.25) is 0 Å².